The van der Waals surface area contributed by atoms with Crippen LogP contribution in [0.15, 0.2) is 48.5 Å². The van der Waals surface area contributed by atoms with Crippen LogP contribution in [0.2, 0.25) is 5.02 Å². The first-order valence-corrected chi connectivity index (χ1v) is 9.60. The van der Waals surface area contributed by atoms with E-state index < -0.39 is 6.04 Å². The van der Waals surface area contributed by atoms with Crippen molar-refractivity contribution < 1.29 is 14.3 Å². The Hall–Kier alpha value is -2.57. The Kier molecular flexibility index (Phi) is 6.90. The lowest BCUT2D eigenvalue weighted by atomic mass is 10.1. The zero-order chi connectivity index (χ0) is 19.9. The largest absolute Gasteiger partial charge is 0.496 e. The van der Waals surface area contributed by atoms with Crippen LogP contribution in [-0.4, -0.2) is 43.0 Å². The molecule has 1 aliphatic heterocycles. The van der Waals surface area contributed by atoms with Gasteiger partial charge in [-0.3, -0.25) is 14.5 Å². The van der Waals surface area contributed by atoms with Crippen molar-refractivity contribution in [1.29, 1.82) is 0 Å². The summed E-state index contributed by atoms with van der Waals surface area (Å²) in [7, 11) is 1.63. The maximum atomic E-state index is 12.5. The minimum Gasteiger partial charge on any atom is -0.496 e. The number of nitrogens with zero attached hydrogens (tertiary/aromatic N) is 1. The van der Waals surface area contributed by atoms with Crippen LogP contribution in [0.1, 0.15) is 17.5 Å². The summed E-state index contributed by atoms with van der Waals surface area (Å²) in [6, 6.07) is 14.6. The molecule has 2 amide bonds. The molecule has 148 valence electrons. The van der Waals surface area contributed by atoms with E-state index in [1.165, 1.54) is 0 Å². The van der Waals surface area contributed by atoms with Crippen LogP contribution in [0, 0.1) is 0 Å². The van der Waals surface area contributed by atoms with E-state index in [-0.39, 0.29) is 18.2 Å². The third-order valence-corrected chi connectivity index (χ3v) is 5.19. The summed E-state index contributed by atoms with van der Waals surface area (Å²) in [6.07, 6.45) is 0.0887. The van der Waals surface area contributed by atoms with E-state index in [0.717, 1.165) is 16.9 Å². The van der Waals surface area contributed by atoms with E-state index in [0.29, 0.717) is 31.2 Å². The fourth-order valence-corrected chi connectivity index (χ4v) is 3.51. The zero-order valence-corrected chi connectivity index (χ0v) is 16.5. The summed E-state index contributed by atoms with van der Waals surface area (Å²) in [5, 5.41) is 6.32. The average molecular weight is 402 g/mol. The van der Waals surface area contributed by atoms with E-state index in [9.17, 15) is 9.59 Å². The van der Waals surface area contributed by atoms with Gasteiger partial charge in [0.15, 0.2) is 0 Å². The zero-order valence-electron chi connectivity index (χ0n) is 15.8. The number of carbonyl (C=O) groups excluding carboxylic acids is 2. The molecule has 2 aromatic carbocycles. The second-order valence-electron chi connectivity index (χ2n) is 6.66. The second-order valence-corrected chi connectivity index (χ2v) is 7.07. The van der Waals surface area contributed by atoms with Crippen LogP contribution in [-0.2, 0) is 22.7 Å². The number of hydrogen-bond acceptors (Lipinski definition) is 4. The van der Waals surface area contributed by atoms with Crippen molar-refractivity contribution >= 4 is 23.4 Å². The molecule has 3 rings (SSSR count). The number of piperazine rings is 1. The number of benzene rings is 2. The Labute approximate surface area is 169 Å². The van der Waals surface area contributed by atoms with Crippen molar-refractivity contribution in [2.45, 2.75) is 25.6 Å². The molecule has 0 aliphatic carbocycles. The summed E-state index contributed by atoms with van der Waals surface area (Å²) >= 11 is 6.13. The van der Waals surface area contributed by atoms with E-state index >= 15 is 0 Å². The SMILES string of the molecule is COc1ccccc1CN1CCNC(=O)C1CC(=O)NCc1ccccc1Cl. The molecule has 7 heteroatoms. The number of methoxy groups -OCH3 is 1. The molecule has 0 radical (unpaired) electrons. The van der Waals surface area contributed by atoms with Crippen molar-refractivity contribution in [3.05, 3.63) is 64.7 Å². The van der Waals surface area contributed by atoms with Gasteiger partial charge in [0, 0.05) is 36.8 Å². The second kappa shape index (κ2) is 9.57. The fourth-order valence-electron chi connectivity index (χ4n) is 3.31. The highest BCUT2D eigenvalue weighted by atomic mass is 35.5. The molecule has 1 unspecified atom stereocenters. The molecule has 1 heterocycles. The van der Waals surface area contributed by atoms with E-state index in [1.807, 2.05) is 47.4 Å². The van der Waals surface area contributed by atoms with Crippen LogP contribution >= 0.6 is 11.6 Å². The molecule has 6 nitrogen and oxygen atoms in total. The number of hydrogen-bond donors (Lipinski definition) is 2. The monoisotopic (exact) mass is 401 g/mol. The fraction of sp³-hybridized carbons (Fsp3) is 0.333. The summed E-state index contributed by atoms with van der Waals surface area (Å²) in [4.78, 5) is 26.9. The standard InChI is InChI=1S/C21H24ClN3O3/c1-28-19-9-5-3-7-16(19)14-25-11-10-23-21(27)18(25)12-20(26)24-13-15-6-2-4-8-17(15)22/h2-9,18H,10-14H2,1H3,(H,23,27)(H,24,26). The van der Waals surface area contributed by atoms with E-state index in [4.69, 9.17) is 16.3 Å². The third-order valence-electron chi connectivity index (χ3n) is 4.82. The molecule has 1 aliphatic rings. The number of amides is 2. The van der Waals surface area contributed by atoms with Crippen LogP contribution in [0.4, 0.5) is 0 Å². The number of halogens is 1. The van der Waals surface area contributed by atoms with Crippen LogP contribution in [0.5, 0.6) is 5.75 Å². The number of carbonyl (C=O) groups is 2. The van der Waals surface area contributed by atoms with Gasteiger partial charge in [-0.15, -0.1) is 0 Å². The minimum absolute atomic E-state index is 0.0887. The molecule has 28 heavy (non-hydrogen) atoms. The summed E-state index contributed by atoms with van der Waals surface area (Å²) in [5.74, 6) is 0.455. The molecule has 0 bridgehead atoms. The van der Waals surface area contributed by atoms with Gasteiger partial charge in [0.05, 0.1) is 19.6 Å². The minimum atomic E-state index is -0.523. The predicted molar refractivity (Wildman–Crippen MR) is 108 cm³/mol. The van der Waals surface area contributed by atoms with Gasteiger partial charge in [0.1, 0.15) is 5.75 Å². The summed E-state index contributed by atoms with van der Waals surface area (Å²) in [5.41, 5.74) is 1.83. The first kappa shape index (κ1) is 20.2. The summed E-state index contributed by atoms with van der Waals surface area (Å²) < 4.78 is 5.41. The van der Waals surface area contributed by atoms with Gasteiger partial charge in [-0.05, 0) is 17.7 Å². The first-order chi connectivity index (χ1) is 13.6. The Morgan fingerprint density at radius 3 is 2.68 bits per heavy atom. The number of nitrogens with one attached hydrogen (secondary N) is 2. The van der Waals surface area contributed by atoms with Crippen LogP contribution in [0.25, 0.3) is 0 Å². The predicted octanol–water partition coefficient (Wildman–Crippen LogP) is 2.36. The van der Waals surface area contributed by atoms with E-state index in [1.54, 1.807) is 13.2 Å². The Morgan fingerprint density at radius 1 is 1.21 bits per heavy atom. The topological polar surface area (TPSA) is 70.7 Å². The Balaban J connectivity index is 1.64. The first-order valence-electron chi connectivity index (χ1n) is 9.22. The van der Waals surface area contributed by atoms with Gasteiger partial charge in [0.2, 0.25) is 11.8 Å². The molecule has 1 atom stereocenters. The normalized spacial score (nSPS) is 17.1. The molecule has 0 spiro atoms. The average Bonchev–Trinajstić information content (AvgIpc) is 2.70. The molecule has 2 aromatic rings. The smallest absolute Gasteiger partial charge is 0.237 e. The molecule has 0 saturated carbocycles. The van der Waals surface area contributed by atoms with Crippen molar-refractivity contribution in [2.75, 3.05) is 20.2 Å². The highest BCUT2D eigenvalue weighted by Gasteiger charge is 2.32. The maximum Gasteiger partial charge on any atom is 0.237 e. The van der Waals surface area contributed by atoms with Crippen molar-refractivity contribution in [3.8, 4) is 5.75 Å². The summed E-state index contributed by atoms with van der Waals surface area (Å²) in [6.45, 7) is 2.11. The third kappa shape index (κ3) is 5.03. The highest BCUT2D eigenvalue weighted by Crippen LogP contribution is 2.22. The maximum absolute atomic E-state index is 12.5. The van der Waals surface area contributed by atoms with Gasteiger partial charge in [-0.25, -0.2) is 0 Å². The van der Waals surface area contributed by atoms with E-state index in [2.05, 4.69) is 10.6 Å². The number of para-hydroxylation sites is 1. The van der Waals surface area contributed by atoms with Crippen LogP contribution in [0.3, 0.4) is 0 Å². The molecular weight excluding hydrogens is 378 g/mol. The van der Waals surface area contributed by atoms with Crippen molar-refractivity contribution in [3.63, 3.8) is 0 Å². The van der Waals surface area contributed by atoms with Gasteiger partial charge in [0.25, 0.3) is 0 Å². The lowest BCUT2D eigenvalue weighted by Crippen LogP contribution is -2.56. The van der Waals surface area contributed by atoms with Crippen molar-refractivity contribution in [2.24, 2.45) is 0 Å². The lowest BCUT2D eigenvalue weighted by Gasteiger charge is -2.35. The van der Waals surface area contributed by atoms with Gasteiger partial charge < -0.3 is 15.4 Å². The molecular formula is C21H24ClN3O3. The molecule has 1 saturated heterocycles. The molecule has 0 aromatic heterocycles. The Bertz CT molecular complexity index is 843. The van der Waals surface area contributed by atoms with Crippen LogP contribution < -0.4 is 15.4 Å². The molecule has 2 N–H and O–H groups in total. The quantitative estimate of drug-likeness (QED) is 0.747. The highest BCUT2D eigenvalue weighted by molar-refractivity contribution is 6.31. The Morgan fingerprint density at radius 2 is 1.93 bits per heavy atom. The molecule has 1 fully saturated rings. The van der Waals surface area contributed by atoms with Gasteiger partial charge in [-0.1, -0.05) is 48.0 Å². The number of ether oxygens (including phenoxy) is 1. The van der Waals surface area contributed by atoms with Gasteiger partial charge in [-0.2, -0.15) is 0 Å². The number of rotatable bonds is 7. The van der Waals surface area contributed by atoms with Crippen molar-refractivity contribution in [1.82, 2.24) is 15.5 Å². The van der Waals surface area contributed by atoms with Gasteiger partial charge >= 0.3 is 0 Å². The lowest BCUT2D eigenvalue weighted by molar-refractivity contribution is -0.134.